The van der Waals surface area contributed by atoms with Crippen LogP contribution in [0.2, 0.25) is 0 Å². The van der Waals surface area contributed by atoms with E-state index in [1.54, 1.807) is 0 Å². The summed E-state index contributed by atoms with van der Waals surface area (Å²) in [6, 6.07) is 3.95. The SMILES string of the molecule is CN(C)c1ncnc2c1CCN(C(=O)[C@@H](O)c1ccc(C(F)(F)F)cc1)C2. The van der Waals surface area contributed by atoms with Crippen LogP contribution in [0.3, 0.4) is 0 Å². The highest BCUT2D eigenvalue weighted by atomic mass is 19.4. The average Bonchev–Trinajstić information content (AvgIpc) is 2.65. The molecule has 9 heteroatoms. The Morgan fingerprint density at radius 2 is 1.89 bits per heavy atom. The summed E-state index contributed by atoms with van der Waals surface area (Å²) in [6.45, 7) is 0.590. The molecule has 0 fully saturated rings. The van der Waals surface area contributed by atoms with Gasteiger partial charge in [0.1, 0.15) is 12.1 Å². The number of rotatable bonds is 3. The van der Waals surface area contributed by atoms with Gasteiger partial charge >= 0.3 is 6.18 Å². The molecule has 1 aliphatic heterocycles. The van der Waals surface area contributed by atoms with Crippen LogP contribution >= 0.6 is 0 Å². The normalized spacial score (nSPS) is 15.3. The van der Waals surface area contributed by atoms with Gasteiger partial charge in [-0.3, -0.25) is 4.79 Å². The van der Waals surface area contributed by atoms with Crippen molar-refractivity contribution in [1.82, 2.24) is 14.9 Å². The Labute approximate surface area is 154 Å². The van der Waals surface area contributed by atoms with E-state index >= 15 is 0 Å². The number of aromatic nitrogens is 2. The molecule has 0 saturated heterocycles. The van der Waals surface area contributed by atoms with Crippen molar-refractivity contribution in [2.45, 2.75) is 25.2 Å². The first kappa shape index (κ1) is 19.1. The molecule has 1 amide bonds. The standard InChI is InChI=1S/C18H19F3N4O2/c1-24(2)16-13-7-8-25(9-14(13)22-10-23-16)17(27)15(26)11-3-5-12(6-4-11)18(19,20)21/h3-6,10,15,26H,7-9H2,1-2H3/t15-/m0/s1. The maximum atomic E-state index is 12.6. The third kappa shape index (κ3) is 3.87. The fraction of sp³-hybridized carbons (Fsp3) is 0.389. The van der Waals surface area contributed by atoms with Crippen molar-refractivity contribution in [2.75, 3.05) is 25.5 Å². The Morgan fingerprint density at radius 3 is 2.48 bits per heavy atom. The van der Waals surface area contributed by atoms with Gasteiger partial charge in [0.2, 0.25) is 0 Å². The molecule has 1 N–H and O–H groups in total. The molecule has 0 bridgehead atoms. The Bertz CT molecular complexity index is 837. The zero-order valence-electron chi connectivity index (χ0n) is 14.9. The van der Waals surface area contributed by atoms with Gasteiger partial charge in [0.15, 0.2) is 6.10 Å². The Morgan fingerprint density at radius 1 is 1.22 bits per heavy atom. The molecular weight excluding hydrogens is 361 g/mol. The van der Waals surface area contributed by atoms with Crippen LogP contribution in [0.1, 0.15) is 28.5 Å². The van der Waals surface area contributed by atoms with Crippen molar-refractivity contribution < 1.29 is 23.1 Å². The molecule has 0 aliphatic carbocycles. The van der Waals surface area contributed by atoms with E-state index in [4.69, 9.17) is 0 Å². The van der Waals surface area contributed by atoms with E-state index in [1.165, 1.54) is 11.2 Å². The monoisotopic (exact) mass is 380 g/mol. The molecular formula is C18H19F3N4O2. The van der Waals surface area contributed by atoms with Gasteiger partial charge in [-0.25, -0.2) is 9.97 Å². The van der Waals surface area contributed by atoms with Gasteiger partial charge < -0.3 is 14.9 Å². The van der Waals surface area contributed by atoms with E-state index < -0.39 is 23.8 Å². The van der Waals surface area contributed by atoms with E-state index in [1.807, 2.05) is 19.0 Å². The molecule has 2 heterocycles. The van der Waals surface area contributed by atoms with Gasteiger partial charge in [-0.15, -0.1) is 0 Å². The van der Waals surface area contributed by atoms with Crippen molar-refractivity contribution in [3.8, 4) is 0 Å². The third-order valence-electron chi connectivity index (χ3n) is 4.51. The molecule has 0 saturated carbocycles. The lowest BCUT2D eigenvalue weighted by molar-refractivity contribution is -0.141. The smallest absolute Gasteiger partial charge is 0.378 e. The van der Waals surface area contributed by atoms with Crippen molar-refractivity contribution in [2.24, 2.45) is 0 Å². The Hall–Kier alpha value is -2.68. The minimum Gasteiger partial charge on any atom is -0.378 e. The molecule has 3 rings (SSSR count). The summed E-state index contributed by atoms with van der Waals surface area (Å²) in [5.74, 6) is 0.223. The van der Waals surface area contributed by atoms with Gasteiger partial charge in [-0.2, -0.15) is 13.2 Å². The Balaban J connectivity index is 1.76. The molecule has 27 heavy (non-hydrogen) atoms. The number of benzene rings is 1. The summed E-state index contributed by atoms with van der Waals surface area (Å²) in [5.41, 5.74) is 0.949. The number of hydrogen-bond donors (Lipinski definition) is 1. The summed E-state index contributed by atoms with van der Waals surface area (Å²) in [6.07, 6.45) is -4.03. The van der Waals surface area contributed by atoms with E-state index in [0.717, 1.165) is 35.6 Å². The number of nitrogens with zero attached hydrogens (tertiary/aromatic N) is 4. The van der Waals surface area contributed by atoms with Gasteiger partial charge in [0.05, 0.1) is 17.8 Å². The van der Waals surface area contributed by atoms with Gasteiger partial charge in [0, 0.05) is 26.2 Å². The molecule has 0 unspecified atom stereocenters. The number of anilines is 1. The zero-order chi connectivity index (χ0) is 19.8. The van der Waals surface area contributed by atoms with Crippen LogP contribution in [0.25, 0.3) is 0 Å². The van der Waals surface area contributed by atoms with E-state index in [0.29, 0.717) is 18.7 Å². The summed E-state index contributed by atoms with van der Waals surface area (Å²) < 4.78 is 37.9. The van der Waals surface area contributed by atoms with Crippen LogP contribution in [0.15, 0.2) is 30.6 Å². The molecule has 1 aliphatic rings. The lowest BCUT2D eigenvalue weighted by atomic mass is 10.0. The number of fused-ring (bicyclic) bond motifs is 1. The highest BCUT2D eigenvalue weighted by molar-refractivity contribution is 5.82. The topological polar surface area (TPSA) is 69.6 Å². The minimum atomic E-state index is -4.46. The number of amides is 1. The average molecular weight is 380 g/mol. The van der Waals surface area contributed by atoms with Crippen LogP contribution in [-0.2, 0) is 23.9 Å². The molecule has 2 aromatic rings. The zero-order valence-corrected chi connectivity index (χ0v) is 14.9. The predicted octanol–water partition coefficient (Wildman–Crippen LogP) is 2.18. The van der Waals surface area contributed by atoms with Crippen molar-refractivity contribution in [3.05, 3.63) is 53.0 Å². The lowest BCUT2D eigenvalue weighted by Crippen LogP contribution is -2.40. The molecule has 6 nitrogen and oxygen atoms in total. The lowest BCUT2D eigenvalue weighted by Gasteiger charge is -2.31. The second kappa shape index (κ2) is 7.15. The highest BCUT2D eigenvalue weighted by Gasteiger charge is 2.32. The van der Waals surface area contributed by atoms with Crippen LogP contribution in [0.5, 0.6) is 0 Å². The Kier molecular flexibility index (Phi) is 5.05. The summed E-state index contributed by atoms with van der Waals surface area (Å²) in [5, 5.41) is 10.3. The second-order valence-electron chi connectivity index (χ2n) is 6.55. The highest BCUT2D eigenvalue weighted by Crippen LogP contribution is 2.31. The van der Waals surface area contributed by atoms with Crippen LogP contribution < -0.4 is 4.90 Å². The number of carbonyl (C=O) groups excluding carboxylic acids is 1. The van der Waals surface area contributed by atoms with Crippen molar-refractivity contribution >= 4 is 11.7 Å². The largest absolute Gasteiger partial charge is 0.416 e. The summed E-state index contributed by atoms with van der Waals surface area (Å²) >= 11 is 0. The molecule has 1 aromatic carbocycles. The number of carbonyl (C=O) groups is 1. The van der Waals surface area contributed by atoms with Gasteiger partial charge in [0.25, 0.3) is 5.91 Å². The minimum absolute atomic E-state index is 0.121. The van der Waals surface area contributed by atoms with Crippen LogP contribution in [-0.4, -0.2) is 46.5 Å². The third-order valence-corrected chi connectivity index (χ3v) is 4.51. The van der Waals surface area contributed by atoms with Gasteiger partial charge in [-0.05, 0) is 24.1 Å². The number of halogens is 3. The van der Waals surface area contributed by atoms with E-state index in [9.17, 15) is 23.1 Å². The number of aliphatic hydroxyl groups is 1. The molecule has 1 aromatic heterocycles. The van der Waals surface area contributed by atoms with E-state index in [-0.39, 0.29) is 12.1 Å². The fourth-order valence-corrected chi connectivity index (χ4v) is 3.08. The first-order chi connectivity index (χ1) is 12.7. The maximum Gasteiger partial charge on any atom is 0.416 e. The molecule has 1 atom stereocenters. The molecule has 144 valence electrons. The van der Waals surface area contributed by atoms with Gasteiger partial charge in [-0.1, -0.05) is 12.1 Å². The molecule has 0 spiro atoms. The van der Waals surface area contributed by atoms with Crippen LogP contribution in [0, 0.1) is 0 Å². The summed E-state index contributed by atoms with van der Waals surface area (Å²) in [4.78, 5) is 24.4. The van der Waals surface area contributed by atoms with Crippen molar-refractivity contribution in [3.63, 3.8) is 0 Å². The number of aliphatic hydroxyl groups excluding tert-OH is 1. The number of alkyl halides is 3. The molecule has 0 radical (unpaired) electrons. The fourth-order valence-electron chi connectivity index (χ4n) is 3.08. The summed E-state index contributed by atoms with van der Waals surface area (Å²) in [7, 11) is 3.74. The number of hydrogen-bond acceptors (Lipinski definition) is 5. The first-order valence-corrected chi connectivity index (χ1v) is 8.32. The maximum absolute atomic E-state index is 12.6. The quantitative estimate of drug-likeness (QED) is 0.884. The van der Waals surface area contributed by atoms with E-state index in [2.05, 4.69) is 9.97 Å². The predicted molar refractivity (Wildman–Crippen MR) is 91.9 cm³/mol. The second-order valence-corrected chi connectivity index (χ2v) is 6.55. The van der Waals surface area contributed by atoms with Crippen molar-refractivity contribution in [1.29, 1.82) is 0 Å². The first-order valence-electron chi connectivity index (χ1n) is 8.32. The van der Waals surface area contributed by atoms with Crippen LogP contribution in [0.4, 0.5) is 19.0 Å².